The maximum atomic E-state index is 12.0. The molecule has 0 radical (unpaired) electrons. The van der Waals surface area contributed by atoms with E-state index in [1.807, 2.05) is 55.5 Å². The third-order valence-corrected chi connectivity index (χ3v) is 3.73. The van der Waals surface area contributed by atoms with Gasteiger partial charge in [-0.1, -0.05) is 55.3 Å². The summed E-state index contributed by atoms with van der Waals surface area (Å²) in [5.74, 6) is -0.132. The van der Waals surface area contributed by atoms with Crippen LogP contribution in [0.1, 0.15) is 47.7 Å². The molecular weight excluding hydrogens is 286 g/mol. The number of Topliss-reactive ketones (excluding diaryl/α,β-unsaturated/α-hetero) is 1. The van der Waals surface area contributed by atoms with Crippen molar-refractivity contribution in [3.8, 4) is 0 Å². The molecule has 0 aliphatic rings. The SMILES string of the molecule is CCCc1ccc(NC(=O)CCC(=O)c2ccc(C)cc2)cc1. The molecule has 0 aliphatic heterocycles. The average Bonchev–Trinajstić information content (AvgIpc) is 2.55. The van der Waals surface area contributed by atoms with Gasteiger partial charge in [0.15, 0.2) is 5.78 Å². The second-order valence-electron chi connectivity index (χ2n) is 5.78. The number of anilines is 1. The van der Waals surface area contributed by atoms with Crippen LogP contribution >= 0.6 is 0 Å². The zero-order valence-corrected chi connectivity index (χ0v) is 13.8. The largest absolute Gasteiger partial charge is 0.326 e. The number of ketones is 1. The van der Waals surface area contributed by atoms with Crippen molar-refractivity contribution in [2.24, 2.45) is 0 Å². The van der Waals surface area contributed by atoms with Gasteiger partial charge < -0.3 is 5.32 Å². The molecule has 3 heteroatoms. The predicted molar refractivity (Wildman–Crippen MR) is 93.8 cm³/mol. The Bertz CT molecular complexity index is 657. The highest BCUT2D eigenvalue weighted by Crippen LogP contribution is 2.12. The molecule has 0 unspecified atom stereocenters. The van der Waals surface area contributed by atoms with Gasteiger partial charge in [0.25, 0.3) is 0 Å². The quantitative estimate of drug-likeness (QED) is 0.763. The zero-order valence-electron chi connectivity index (χ0n) is 13.8. The van der Waals surface area contributed by atoms with Gasteiger partial charge in [0.2, 0.25) is 5.91 Å². The maximum absolute atomic E-state index is 12.0. The molecule has 0 aliphatic carbocycles. The number of hydrogen-bond acceptors (Lipinski definition) is 2. The molecule has 23 heavy (non-hydrogen) atoms. The Labute approximate surface area is 137 Å². The smallest absolute Gasteiger partial charge is 0.224 e. The molecule has 0 bridgehead atoms. The highest BCUT2D eigenvalue weighted by atomic mass is 16.2. The molecule has 0 spiro atoms. The van der Waals surface area contributed by atoms with Crippen LogP contribution in [0.2, 0.25) is 0 Å². The Balaban J connectivity index is 1.82. The van der Waals surface area contributed by atoms with Crippen LogP contribution in [0.5, 0.6) is 0 Å². The van der Waals surface area contributed by atoms with Crippen LogP contribution in [-0.4, -0.2) is 11.7 Å². The number of benzene rings is 2. The van der Waals surface area contributed by atoms with Gasteiger partial charge in [-0.15, -0.1) is 0 Å². The minimum absolute atomic E-state index is 0.00144. The topological polar surface area (TPSA) is 46.2 Å². The molecule has 1 amide bonds. The molecule has 0 saturated carbocycles. The van der Waals surface area contributed by atoms with Crippen molar-refractivity contribution in [2.45, 2.75) is 39.5 Å². The van der Waals surface area contributed by atoms with Gasteiger partial charge in [0, 0.05) is 24.1 Å². The number of nitrogens with one attached hydrogen (secondary N) is 1. The lowest BCUT2D eigenvalue weighted by Crippen LogP contribution is -2.13. The third-order valence-electron chi connectivity index (χ3n) is 3.73. The van der Waals surface area contributed by atoms with Gasteiger partial charge in [-0.2, -0.15) is 0 Å². The predicted octanol–water partition coefficient (Wildman–Crippen LogP) is 4.55. The molecule has 0 aromatic heterocycles. The van der Waals surface area contributed by atoms with Crippen LogP contribution in [0.3, 0.4) is 0 Å². The van der Waals surface area contributed by atoms with Crippen molar-refractivity contribution in [3.05, 3.63) is 65.2 Å². The molecule has 2 aromatic rings. The number of rotatable bonds is 7. The van der Waals surface area contributed by atoms with E-state index in [0.717, 1.165) is 24.1 Å². The summed E-state index contributed by atoms with van der Waals surface area (Å²) in [6, 6.07) is 15.3. The lowest BCUT2D eigenvalue weighted by Gasteiger charge is -2.06. The summed E-state index contributed by atoms with van der Waals surface area (Å²) in [5, 5.41) is 2.84. The van der Waals surface area contributed by atoms with E-state index in [1.54, 1.807) is 0 Å². The molecule has 2 rings (SSSR count). The highest BCUT2D eigenvalue weighted by molar-refractivity contribution is 6.00. The van der Waals surface area contributed by atoms with Crippen molar-refractivity contribution >= 4 is 17.4 Å². The minimum atomic E-state index is -0.131. The van der Waals surface area contributed by atoms with Crippen LogP contribution < -0.4 is 5.32 Å². The Hall–Kier alpha value is -2.42. The molecule has 3 nitrogen and oxygen atoms in total. The van der Waals surface area contributed by atoms with Crippen LogP contribution in [0, 0.1) is 6.92 Å². The van der Waals surface area contributed by atoms with Crippen molar-refractivity contribution in [1.29, 1.82) is 0 Å². The minimum Gasteiger partial charge on any atom is -0.326 e. The fourth-order valence-corrected chi connectivity index (χ4v) is 2.38. The lowest BCUT2D eigenvalue weighted by atomic mass is 10.0. The van der Waals surface area contributed by atoms with Gasteiger partial charge in [-0.25, -0.2) is 0 Å². The molecule has 1 N–H and O–H groups in total. The van der Waals surface area contributed by atoms with Crippen LogP contribution in [0.4, 0.5) is 5.69 Å². The molecule has 120 valence electrons. The second-order valence-corrected chi connectivity index (χ2v) is 5.78. The van der Waals surface area contributed by atoms with Crippen LogP contribution in [0.25, 0.3) is 0 Å². The van der Waals surface area contributed by atoms with E-state index in [-0.39, 0.29) is 24.5 Å². The van der Waals surface area contributed by atoms with Gasteiger partial charge in [0.1, 0.15) is 0 Å². The Morgan fingerprint density at radius 2 is 1.57 bits per heavy atom. The molecule has 0 saturated heterocycles. The van der Waals surface area contributed by atoms with Crippen molar-refractivity contribution < 1.29 is 9.59 Å². The van der Waals surface area contributed by atoms with Crippen molar-refractivity contribution in [2.75, 3.05) is 5.32 Å². The van der Waals surface area contributed by atoms with Gasteiger partial charge >= 0.3 is 0 Å². The normalized spacial score (nSPS) is 10.3. The Morgan fingerprint density at radius 3 is 2.17 bits per heavy atom. The number of amides is 1. The number of aryl methyl sites for hydroxylation is 2. The molecular formula is C20H23NO2. The fraction of sp³-hybridized carbons (Fsp3) is 0.300. The number of hydrogen-bond donors (Lipinski definition) is 1. The van der Waals surface area contributed by atoms with E-state index in [4.69, 9.17) is 0 Å². The molecule has 0 atom stereocenters. The Kier molecular flexibility index (Phi) is 6.10. The van der Waals surface area contributed by atoms with Gasteiger partial charge in [0.05, 0.1) is 0 Å². The maximum Gasteiger partial charge on any atom is 0.224 e. The summed E-state index contributed by atoms with van der Waals surface area (Å²) >= 11 is 0. The van der Waals surface area contributed by atoms with Gasteiger partial charge in [-0.05, 0) is 31.0 Å². The zero-order chi connectivity index (χ0) is 16.7. The second kappa shape index (κ2) is 8.28. The first kappa shape index (κ1) is 16.9. The van der Waals surface area contributed by atoms with Crippen LogP contribution in [0.15, 0.2) is 48.5 Å². The van der Waals surface area contributed by atoms with E-state index in [9.17, 15) is 9.59 Å². The number of carbonyl (C=O) groups excluding carboxylic acids is 2. The number of carbonyl (C=O) groups is 2. The van der Waals surface area contributed by atoms with Gasteiger partial charge in [-0.3, -0.25) is 9.59 Å². The third kappa shape index (κ3) is 5.37. The summed E-state index contributed by atoms with van der Waals surface area (Å²) in [5.41, 5.74) is 3.82. The first-order valence-corrected chi connectivity index (χ1v) is 8.07. The van der Waals surface area contributed by atoms with E-state index in [0.29, 0.717) is 5.56 Å². The highest BCUT2D eigenvalue weighted by Gasteiger charge is 2.09. The van der Waals surface area contributed by atoms with E-state index in [2.05, 4.69) is 12.2 Å². The average molecular weight is 309 g/mol. The standard InChI is InChI=1S/C20H23NO2/c1-3-4-16-7-11-18(12-8-16)21-20(23)14-13-19(22)17-9-5-15(2)6-10-17/h5-12H,3-4,13-14H2,1-2H3,(H,21,23). The monoisotopic (exact) mass is 309 g/mol. The van der Waals surface area contributed by atoms with E-state index in [1.165, 1.54) is 5.56 Å². The lowest BCUT2D eigenvalue weighted by molar-refractivity contribution is -0.116. The Morgan fingerprint density at radius 1 is 0.913 bits per heavy atom. The summed E-state index contributed by atoms with van der Waals surface area (Å²) < 4.78 is 0. The summed E-state index contributed by atoms with van der Waals surface area (Å²) in [6.07, 6.45) is 2.57. The van der Waals surface area contributed by atoms with Crippen LogP contribution in [-0.2, 0) is 11.2 Å². The fourth-order valence-electron chi connectivity index (χ4n) is 2.38. The summed E-state index contributed by atoms with van der Waals surface area (Å²) in [6.45, 7) is 4.12. The summed E-state index contributed by atoms with van der Waals surface area (Å²) in [4.78, 5) is 24.0. The van der Waals surface area contributed by atoms with E-state index >= 15 is 0 Å². The first-order valence-electron chi connectivity index (χ1n) is 8.07. The van der Waals surface area contributed by atoms with Crippen molar-refractivity contribution in [3.63, 3.8) is 0 Å². The first-order chi connectivity index (χ1) is 11.1. The summed E-state index contributed by atoms with van der Waals surface area (Å²) in [7, 11) is 0. The molecule has 0 heterocycles. The van der Waals surface area contributed by atoms with E-state index < -0.39 is 0 Å². The molecule has 2 aromatic carbocycles. The van der Waals surface area contributed by atoms with Crippen molar-refractivity contribution in [1.82, 2.24) is 0 Å². The molecule has 0 fully saturated rings.